The van der Waals surface area contributed by atoms with Crippen LogP contribution < -0.4 is 10.4 Å². The number of oxime groups is 1. The first kappa shape index (κ1) is 18.4. The van der Waals surface area contributed by atoms with Crippen molar-refractivity contribution in [3.8, 4) is 11.4 Å². The number of tetrazole rings is 1. The van der Waals surface area contributed by atoms with Crippen LogP contribution >= 0.6 is 0 Å². The summed E-state index contributed by atoms with van der Waals surface area (Å²) in [6, 6.07) is 13.3. The van der Waals surface area contributed by atoms with Crippen molar-refractivity contribution in [2.45, 2.75) is 20.5 Å². The number of aryl methyl sites for hydroxylation is 2. The number of aromatic nitrogens is 4. The summed E-state index contributed by atoms with van der Waals surface area (Å²) < 4.78 is 8.45. The molecule has 8 nitrogen and oxygen atoms in total. The van der Waals surface area contributed by atoms with E-state index in [0.717, 1.165) is 22.4 Å². The van der Waals surface area contributed by atoms with E-state index in [1.54, 1.807) is 7.05 Å². The molecular formula is C19H21N5O3. The van der Waals surface area contributed by atoms with Crippen LogP contribution in [0.25, 0.3) is 5.69 Å². The lowest BCUT2D eigenvalue weighted by molar-refractivity contribution is 0.213. The minimum atomic E-state index is -0.310. The molecule has 0 aliphatic carbocycles. The molecule has 0 unspecified atom stereocenters. The van der Waals surface area contributed by atoms with Gasteiger partial charge in [0, 0.05) is 18.2 Å². The van der Waals surface area contributed by atoms with Crippen molar-refractivity contribution < 1.29 is 9.57 Å². The van der Waals surface area contributed by atoms with E-state index in [1.807, 2.05) is 56.3 Å². The maximum absolute atomic E-state index is 12.2. The first-order chi connectivity index (χ1) is 13.0. The number of hydrogen-bond donors (Lipinski definition) is 0. The summed E-state index contributed by atoms with van der Waals surface area (Å²) in [7, 11) is 3.07. The van der Waals surface area contributed by atoms with Gasteiger partial charge in [0.1, 0.15) is 19.5 Å². The summed E-state index contributed by atoms with van der Waals surface area (Å²) in [6.45, 7) is 4.12. The molecule has 0 amide bonds. The molecule has 0 saturated heterocycles. The third-order valence-corrected chi connectivity index (χ3v) is 4.20. The van der Waals surface area contributed by atoms with Crippen molar-refractivity contribution in [1.29, 1.82) is 0 Å². The van der Waals surface area contributed by atoms with Gasteiger partial charge < -0.3 is 9.57 Å². The van der Waals surface area contributed by atoms with Crippen LogP contribution in [0.3, 0.4) is 0 Å². The van der Waals surface area contributed by atoms with Gasteiger partial charge in [0.05, 0.1) is 11.4 Å². The first-order valence-corrected chi connectivity index (χ1v) is 8.40. The monoisotopic (exact) mass is 367 g/mol. The van der Waals surface area contributed by atoms with E-state index in [-0.39, 0.29) is 12.3 Å². The number of nitrogens with zero attached hydrogens (tertiary/aromatic N) is 5. The van der Waals surface area contributed by atoms with Crippen LogP contribution in [0.4, 0.5) is 0 Å². The van der Waals surface area contributed by atoms with Gasteiger partial charge in [-0.25, -0.2) is 4.79 Å². The lowest BCUT2D eigenvalue weighted by Crippen LogP contribution is -2.23. The molecule has 27 heavy (non-hydrogen) atoms. The standard InChI is InChI=1S/C19H21N5O3/c1-13-7-5-10-18(24-19(25)23(3)21-22-24)17(13)12-27-16-9-6-8-15(11-16)14(2)20-26-4/h5-11H,12H2,1-4H3/b20-14+. The fraction of sp³-hybridized carbons (Fsp3) is 0.263. The Labute approximate surface area is 156 Å². The maximum Gasteiger partial charge on any atom is 0.368 e. The Hall–Kier alpha value is -3.42. The van der Waals surface area contributed by atoms with E-state index in [2.05, 4.69) is 15.6 Å². The highest BCUT2D eigenvalue weighted by Crippen LogP contribution is 2.21. The highest BCUT2D eigenvalue weighted by molar-refractivity contribution is 5.98. The molecule has 8 heteroatoms. The molecule has 0 atom stereocenters. The van der Waals surface area contributed by atoms with Crippen LogP contribution in [0.15, 0.2) is 52.4 Å². The highest BCUT2D eigenvalue weighted by atomic mass is 16.6. The molecule has 0 saturated carbocycles. The van der Waals surface area contributed by atoms with Crippen molar-refractivity contribution in [2.24, 2.45) is 12.2 Å². The highest BCUT2D eigenvalue weighted by Gasteiger charge is 2.13. The summed E-state index contributed by atoms with van der Waals surface area (Å²) >= 11 is 0. The molecule has 3 aromatic rings. The summed E-state index contributed by atoms with van der Waals surface area (Å²) in [6.07, 6.45) is 0. The van der Waals surface area contributed by atoms with Crippen LogP contribution in [0, 0.1) is 6.92 Å². The molecule has 1 aromatic heterocycles. The lowest BCUT2D eigenvalue weighted by Gasteiger charge is -2.13. The van der Waals surface area contributed by atoms with Gasteiger partial charge in [-0.3, -0.25) is 0 Å². The maximum atomic E-state index is 12.2. The van der Waals surface area contributed by atoms with Crippen LogP contribution in [0.2, 0.25) is 0 Å². The summed E-state index contributed by atoms with van der Waals surface area (Å²) in [5.74, 6) is 0.693. The van der Waals surface area contributed by atoms with Gasteiger partial charge in [0.2, 0.25) is 0 Å². The van der Waals surface area contributed by atoms with E-state index in [9.17, 15) is 4.79 Å². The summed E-state index contributed by atoms with van der Waals surface area (Å²) in [5, 5.41) is 11.7. The number of benzene rings is 2. The van der Waals surface area contributed by atoms with E-state index in [1.165, 1.54) is 16.5 Å². The number of rotatable bonds is 6. The number of ether oxygens (including phenoxy) is 1. The number of hydrogen-bond acceptors (Lipinski definition) is 6. The Balaban J connectivity index is 1.89. The zero-order valence-corrected chi connectivity index (χ0v) is 15.7. The third kappa shape index (κ3) is 3.89. The van der Waals surface area contributed by atoms with Crippen LogP contribution in [-0.4, -0.2) is 32.6 Å². The molecule has 1 heterocycles. The van der Waals surface area contributed by atoms with Crippen LogP contribution in [-0.2, 0) is 18.5 Å². The van der Waals surface area contributed by atoms with Crippen molar-refractivity contribution in [3.05, 3.63) is 69.6 Å². The van der Waals surface area contributed by atoms with Gasteiger partial charge in [-0.2, -0.15) is 9.36 Å². The Morgan fingerprint density at radius 3 is 2.67 bits per heavy atom. The SMILES string of the molecule is CO/N=C(\C)c1cccc(OCc2c(C)cccc2-n2nnn(C)c2=O)c1. The molecule has 140 valence electrons. The molecule has 0 N–H and O–H groups in total. The molecule has 0 bridgehead atoms. The second-order valence-electron chi connectivity index (χ2n) is 6.05. The Kier molecular flexibility index (Phi) is 5.35. The molecule has 0 aliphatic heterocycles. The van der Waals surface area contributed by atoms with Gasteiger partial charge in [0.25, 0.3) is 0 Å². The second kappa shape index (κ2) is 7.86. The topological polar surface area (TPSA) is 83.5 Å². The first-order valence-electron chi connectivity index (χ1n) is 8.40. The molecule has 0 fully saturated rings. The molecule has 0 spiro atoms. The average molecular weight is 367 g/mol. The second-order valence-corrected chi connectivity index (χ2v) is 6.05. The molecule has 0 radical (unpaired) electrons. The van der Waals surface area contributed by atoms with Crippen LogP contribution in [0.1, 0.15) is 23.6 Å². The van der Waals surface area contributed by atoms with E-state index < -0.39 is 0 Å². The fourth-order valence-corrected chi connectivity index (χ4v) is 2.69. The Morgan fingerprint density at radius 1 is 1.19 bits per heavy atom. The predicted molar refractivity (Wildman–Crippen MR) is 101 cm³/mol. The zero-order chi connectivity index (χ0) is 19.4. The van der Waals surface area contributed by atoms with Gasteiger partial charge in [-0.15, -0.1) is 0 Å². The minimum Gasteiger partial charge on any atom is -0.489 e. The zero-order valence-electron chi connectivity index (χ0n) is 15.7. The minimum absolute atomic E-state index is 0.287. The van der Waals surface area contributed by atoms with Crippen molar-refractivity contribution in [1.82, 2.24) is 19.8 Å². The van der Waals surface area contributed by atoms with Crippen LogP contribution in [0.5, 0.6) is 5.75 Å². The summed E-state index contributed by atoms with van der Waals surface area (Å²) in [5.41, 5.74) is 3.87. The van der Waals surface area contributed by atoms with E-state index in [4.69, 9.17) is 9.57 Å². The van der Waals surface area contributed by atoms with Gasteiger partial charge in [0.15, 0.2) is 0 Å². The Bertz CT molecular complexity index is 1040. The molecular weight excluding hydrogens is 346 g/mol. The summed E-state index contributed by atoms with van der Waals surface area (Å²) in [4.78, 5) is 17.0. The molecule has 2 aromatic carbocycles. The van der Waals surface area contributed by atoms with Crippen molar-refractivity contribution >= 4 is 5.71 Å². The quantitative estimate of drug-likeness (QED) is 0.493. The van der Waals surface area contributed by atoms with Crippen molar-refractivity contribution in [2.75, 3.05) is 7.11 Å². The lowest BCUT2D eigenvalue weighted by atomic mass is 10.1. The third-order valence-electron chi connectivity index (χ3n) is 4.20. The van der Waals surface area contributed by atoms with Gasteiger partial charge in [-0.05, 0) is 48.0 Å². The largest absolute Gasteiger partial charge is 0.489 e. The predicted octanol–water partition coefficient (Wildman–Crippen LogP) is 2.22. The van der Waals surface area contributed by atoms with E-state index in [0.29, 0.717) is 11.4 Å². The Morgan fingerprint density at radius 2 is 1.96 bits per heavy atom. The average Bonchev–Trinajstić information content (AvgIpc) is 3.00. The molecule has 0 aliphatic rings. The van der Waals surface area contributed by atoms with Crippen molar-refractivity contribution in [3.63, 3.8) is 0 Å². The van der Waals surface area contributed by atoms with Gasteiger partial charge in [-0.1, -0.05) is 29.4 Å². The van der Waals surface area contributed by atoms with E-state index >= 15 is 0 Å². The smallest absolute Gasteiger partial charge is 0.368 e. The fourth-order valence-electron chi connectivity index (χ4n) is 2.69. The molecule has 3 rings (SSSR count). The normalized spacial score (nSPS) is 11.5. The van der Waals surface area contributed by atoms with Gasteiger partial charge >= 0.3 is 5.69 Å².